The van der Waals surface area contributed by atoms with Crippen LogP contribution in [0.3, 0.4) is 0 Å². The van der Waals surface area contributed by atoms with Gasteiger partial charge in [0.2, 0.25) is 0 Å². The number of furan rings is 1. The van der Waals surface area contributed by atoms with Gasteiger partial charge in [-0.05, 0) is 129 Å². The molecular formula is C71H50BrN3O. The minimum Gasteiger partial charge on any atom is -0.456 e. The average Bonchev–Trinajstić information content (AvgIpc) is 4.10. The van der Waals surface area contributed by atoms with Crippen molar-refractivity contribution in [1.82, 2.24) is 4.57 Å². The molecule has 2 heterocycles. The summed E-state index contributed by atoms with van der Waals surface area (Å²) in [5.41, 5.74) is 20.8. The largest absolute Gasteiger partial charge is 0.456 e. The number of hydrogen-bond acceptors (Lipinski definition) is 3. The van der Waals surface area contributed by atoms with Gasteiger partial charge in [0, 0.05) is 54.1 Å². The Hall–Kier alpha value is -9.21. The van der Waals surface area contributed by atoms with Gasteiger partial charge < -0.3 is 13.9 Å². The second-order valence-corrected chi connectivity index (χ2v) is 21.5. The number of para-hydroxylation sites is 3. The molecule has 0 aliphatic rings. The smallest absolute Gasteiger partial charge is 0.136 e. The highest BCUT2D eigenvalue weighted by atomic mass is 79.9. The molecule has 0 amide bonds. The maximum atomic E-state index is 10.1. The van der Waals surface area contributed by atoms with Crippen molar-refractivity contribution < 1.29 is 4.42 Å². The van der Waals surface area contributed by atoms with Gasteiger partial charge >= 0.3 is 0 Å². The molecule has 0 fully saturated rings. The van der Waals surface area contributed by atoms with Crippen LogP contribution in [-0.2, 0) is 5.41 Å². The number of nitriles is 1. The lowest BCUT2D eigenvalue weighted by molar-refractivity contribution is 0.590. The van der Waals surface area contributed by atoms with Gasteiger partial charge in [-0.25, -0.2) is 0 Å². The molecule has 0 saturated heterocycles. The summed E-state index contributed by atoms with van der Waals surface area (Å²) < 4.78 is 9.88. The molecule has 0 unspecified atom stereocenters. The van der Waals surface area contributed by atoms with Crippen LogP contribution in [0.5, 0.6) is 0 Å². The van der Waals surface area contributed by atoms with Crippen LogP contribution in [0.25, 0.3) is 105 Å². The molecule has 2 aromatic heterocycles. The number of hydrogen-bond donors (Lipinski definition) is 0. The standard InChI is InChI=1S/C71H50BrN3O/c1-71(2,3)53-34-29-47(30-35-53)52-41-54(72)44-56(42-52)74(70-58(48-16-6-4-7-17-48)23-14-24-59(70)49-18-8-5-9-19-49)55-36-31-50(32-37-55)69-57(51-33-38-62-61-21-11-13-27-67(61)76-68(62)43-51)22-15-26-66(69)75-64-25-12-10-20-60(64)63-40-46(45-73)28-39-65(63)75/h4-44H,1-3H3. The fourth-order valence-electron chi connectivity index (χ4n) is 11.2. The summed E-state index contributed by atoms with van der Waals surface area (Å²) in [6, 6.07) is 91.4. The molecule has 5 heteroatoms. The third-order valence-electron chi connectivity index (χ3n) is 14.8. The molecule has 13 aromatic rings. The van der Waals surface area contributed by atoms with E-state index in [1.165, 1.54) is 5.56 Å². The van der Waals surface area contributed by atoms with E-state index in [4.69, 9.17) is 4.42 Å². The van der Waals surface area contributed by atoms with Crippen LogP contribution in [0.4, 0.5) is 17.1 Å². The molecule has 0 bridgehead atoms. The van der Waals surface area contributed by atoms with E-state index in [-0.39, 0.29) is 5.41 Å². The summed E-state index contributed by atoms with van der Waals surface area (Å²) in [4.78, 5) is 2.44. The van der Waals surface area contributed by atoms with Crippen molar-refractivity contribution >= 4 is 76.7 Å². The van der Waals surface area contributed by atoms with E-state index in [2.05, 4.69) is 277 Å². The van der Waals surface area contributed by atoms with Gasteiger partial charge in [0.1, 0.15) is 11.2 Å². The Morgan fingerprint density at radius 2 is 1.04 bits per heavy atom. The summed E-state index contributed by atoms with van der Waals surface area (Å²) in [5.74, 6) is 0. The Labute approximate surface area is 451 Å². The first kappa shape index (κ1) is 46.6. The summed E-state index contributed by atoms with van der Waals surface area (Å²) in [6.45, 7) is 6.77. The predicted molar refractivity (Wildman–Crippen MR) is 321 cm³/mol. The van der Waals surface area contributed by atoms with Crippen LogP contribution in [-0.4, -0.2) is 4.57 Å². The van der Waals surface area contributed by atoms with Gasteiger partial charge in [-0.1, -0.05) is 207 Å². The highest BCUT2D eigenvalue weighted by Crippen LogP contribution is 2.49. The number of nitrogens with zero attached hydrogens (tertiary/aromatic N) is 3. The Kier molecular flexibility index (Phi) is 11.6. The van der Waals surface area contributed by atoms with Crippen LogP contribution < -0.4 is 4.90 Å². The highest BCUT2D eigenvalue weighted by Gasteiger charge is 2.25. The van der Waals surface area contributed by atoms with E-state index < -0.39 is 0 Å². The first-order valence-corrected chi connectivity index (χ1v) is 26.5. The molecule has 0 aliphatic heterocycles. The van der Waals surface area contributed by atoms with Crippen molar-refractivity contribution in [3.63, 3.8) is 0 Å². The summed E-state index contributed by atoms with van der Waals surface area (Å²) >= 11 is 4.01. The lowest BCUT2D eigenvalue weighted by Crippen LogP contribution is -2.13. The van der Waals surface area contributed by atoms with Crippen molar-refractivity contribution in [2.24, 2.45) is 0 Å². The minimum absolute atomic E-state index is 0.0356. The van der Waals surface area contributed by atoms with E-state index in [1.807, 2.05) is 24.3 Å². The summed E-state index contributed by atoms with van der Waals surface area (Å²) in [7, 11) is 0. The fraction of sp³-hybridized carbons (Fsp3) is 0.0563. The highest BCUT2D eigenvalue weighted by molar-refractivity contribution is 9.10. The van der Waals surface area contributed by atoms with Gasteiger partial charge in [0.05, 0.1) is 34.0 Å². The number of rotatable bonds is 9. The number of anilines is 3. The van der Waals surface area contributed by atoms with E-state index in [9.17, 15) is 5.26 Å². The van der Waals surface area contributed by atoms with Gasteiger partial charge in [-0.15, -0.1) is 0 Å². The van der Waals surface area contributed by atoms with Gasteiger partial charge in [0.15, 0.2) is 0 Å². The fourth-order valence-corrected chi connectivity index (χ4v) is 11.6. The molecular weight excluding hydrogens is 991 g/mol. The van der Waals surface area contributed by atoms with Gasteiger partial charge in [-0.3, -0.25) is 0 Å². The number of benzene rings is 11. The number of fused-ring (bicyclic) bond motifs is 6. The van der Waals surface area contributed by atoms with Gasteiger partial charge in [0.25, 0.3) is 0 Å². The zero-order valence-corrected chi connectivity index (χ0v) is 43.9. The van der Waals surface area contributed by atoms with Crippen molar-refractivity contribution in [2.75, 3.05) is 4.90 Å². The molecule has 0 saturated carbocycles. The lowest BCUT2D eigenvalue weighted by atomic mass is 9.86. The van der Waals surface area contributed by atoms with E-state index >= 15 is 0 Å². The Morgan fingerprint density at radius 1 is 0.434 bits per heavy atom. The maximum absolute atomic E-state index is 10.1. The minimum atomic E-state index is 0.0356. The van der Waals surface area contributed by atoms with Gasteiger partial charge in [-0.2, -0.15) is 5.26 Å². The molecule has 0 N–H and O–H groups in total. The molecule has 0 spiro atoms. The maximum Gasteiger partial charge on any atom is 0.136 e. The van der Waals surface area contributed by atoms with E-state index in [1.54, 1.807) is 0 Å². The molecule has 4 nitrogen and oxygen atoms in total. The third kappa shape index (κ3) is 8.25. The van der Waals surface area contributed by atoms with Crippen LogP contribution in [0.15, 0.2) is 258 Å². The zero-order chi connectivity index (χ0) is 51.5. The summed E-state index contributed by atoms with van der Waals surface area (Å²) in [5, 5.41) is 14.4. The van der Waals surface area contributed by atoms with E-state index in [0.29, 0.717) is 5.56 Å². The second-order valence-electron chi connectivity index (χ2n) is 20.5. The van der Waals surface area contributed by atoms with Crippen LogP contribution in [0.2, 0.25) is 0 Å². The first-order chi connectivity index (χ1) is 37.2. The molecule has 76 heavy (non-hydrogen) atoms. The predicted octanol–water partition coefficient (Wildman–Crippen LogP) is 20.4. The zero-order valence-electron chi connectivity index (χ0n) is 42.3. The molecule has 0 radical (unpaired) electrons. The summed E-state index contributed by atoms with van der Waals surface area (Å²) in [6.07, 6.45) is 0. The van der Waals surface area contributed by atoms with Crippen LogP contribution in [0.1, 0.15) is 31.9 Å². The average molecular weight is 1040 g/mol. The SMILES string of the molecule is CC(C)(C)c1ccc(-c2cc(Br)cc(N(c3ccc(-c4c(-c5ccc6c(c5)oc5ccccc56)cccc4-n4c5ccccc5c5cc(C#N)ccc54)cc3)c3c(-c4ccccc4)cccc3-c3ccccc3)c2)cc1. The second kappa shape index (κ2) is 18.9. The Bertz CT molecular complexity index is 4330. The molecule has 0 atom stereocenters. The van der Waals surface area contributed by atoms with Crippen LogP contribution in [0, 0.1) is 11.3 Å². The Balaban J connectivity index is 1.06. The molecule has 11 aromatic carbocycles. The van der Waals surface area contributed by atoms with E-state index in [0.717, 1.165) is 127 Å². The molecule has 362 valence electrons. The molecule has 0 aliphatic carbocycles. The van der Waals surface area contributed by atoms with Crippen LogP contribution >= 0.6 is 15.9 Å². The lowest BCUT2D eigenvalue weighted by Gasteiger charge is -2.31. The number of halogens is 1. The van der Waals surface area contributed by atoms with Crippen molar-refractivity contribution in [3.8, 4) is 67.4 Å². The Morgan fingerprint density at radius 3 is 1.75 bits per heavy atom. The first-order valence-electron chi connectivity index (χ1n) is 25.7. The third-order valence-corrected chi connectivity index (χ3v) is 15.3. The monoisotopic (exact) mass is 1040 g/mol. The quantitative estimate of drug-likeness (QED) is 0.145. The van der Waals surface area contributed by atoms with Crippen molar-refractivity contribution in [2.45, 2.75) is 26.2 Å². The molecule has 13 rings (SSSR count). The number of aromatic nitrogens is 1. The normalized spacial score (nSPS) is 11.7. The van der Waals surface area contributed by atoms with Crippen molar-refractivity contribution in [3.05, 3.63) is 264 Å². The topological polar surface area (TPSA) is 45.1 Å². The van der Waals surface area contributed by atoms with Crippen molar-refractivity contribution in [1.29, 1.82) is 5.26 Å².